The van der Waals surface area contributed by atoms with Crippen LogP contribution >= 0.6 is 0 Å². The zero-order chi connectivity index (χ0) is 13.1. The summed E-state index contributed by atoms with van der Waals surface area (Å²) in [6.07, 6.45) is 0.373. The fraction of sp³-hybridized carbons (Fsp3) is 0.133. The van der Waals surface area contributed by atoms with Gasteiger partial charge in [0.15, 0.2) is 0 Å². The lowest BCUT2D eigenvalue weighted by Crippen LogP contribution is -1.95. The molecule has 92 valence electrons. The van der Waals surface area contributed by atoms with Crippen LogP contribution < -0.4 is 0 Å². The quantitative estimate of drug-likeness (QED) is 0.805. The standard InChI is InChI=1S/C15H12F2O/c1-10(18)6-11-2-4-12(5-3-11)13-7-14(16)9-15(17)8-13/h2-5,7-9H,6H2,1H3. The summed E-state index contributed by atoms with van der Waals surface area (Å²) in [5.74, 6) is -1.12. The Hall–Kier alpha value is -2.03. The number of benzene rings is 2. The lowest BCUT2D eigenvalue weighted by Gasteiger charge is -2.04. The monoisotopic (exact) mass is 246 g/mol. The van der Waals surface area contributed by atoms with Crippen LogP contribution in [-0.4, -0.2) is 5.78 Å². The van der Waals surface area contributed by atoms with Crippen molar-refractivity contribution in [2.45, 2.75) is 13.3 Å². The molecular weight excluding hydrogens is 234 g/mol. The minimum Gasteiger partial charge on any atom is -0.300 e. The zero-order valence-electron chi connectivity index (χ0n) is 9.91. The number of hydrogen-bond acceptors (Lipinski definition) is 1. The van der Waals surface area contributed by atoms with E-state index in [1.54, 1.807) is 24.3 Å². The second-order valence-electron chi connectivity index (χ2n) is 4.23. The first kappa shape index (κ1) is 12.4. The Morgan fingerprint density at radius 1 is 0.944 bits per heavy atom. The number of hydrogen-bond donors (Lipinski definition) is 0. The number of halogens is 2. The lowest BCUT2D eigenvalue weighted by molar-refractivity contribution is -0.116. The molecule has 0 heterocycles. The van der Waals surface area contributed by atoms with Crippen molar-refractivity contribution in [3.63, 3.8) is 0 Å². The van der Waals surface area contributed by atoms with Crippen LogP contribution in [0.2, 0.25) is 0 Å². The second kappa shape index (κ2) is 5.08. The summed E-state index contributed by atoms with van der Waals surface area (Å²) in [6, 6.07) is 10.5. The van der Waals surface area contributed by atoms with E-state index in [2.05, 4.69) is 0 Å². The average Bonchev–Trinajstić information content (AvgIpc) is 2.27. The van der Waals surface area contributed by atoms with E-state index in [-0.39, 0.29) is 5.78 Å². The molecule has 0 aliphatic heterocycles. The zero-order valence-corrected chi connectivity index (χ0v) is 9.91. The summed E-state index contributed by atoms with van der Waals surface area (Å²) in [4.78, 5) is 11.0. The average molecular weight is 246 g/mol. The molecule has 0 fully saturated rings. The van der Waals surface area contributed by atoms with Crippen LogP contribution in [0.1, 0.15) is 12.5 Å². The van der Waals surface area contributed by atoms with Gasteiger partial charge in [-0.3, -0.25) is 4.79 Å². The van der Waals surface area contributed by atoms with Crippen LogP contribution in [-0.2, 0) is 11.2 Å². The molecule has 0 saturated heterocycles. The Bertz CT molecular complexity index is 553. The van der Waals surface area contributed by atoms with Crippen LogP contribution in [0.15, 0.2) is 42.5 Å². The van der Waals surface area contributed by atoms with Gasteiger partial charge in [0.1, 0.15) is 17.4 Å². The Labute approximate surface area is 104 Å². The third kappa shape index (κ3) is 3.00. The van der Waals surface area contributed by atoms with Crippen LogP contribution in [0, 0.1) is 11.6 Å². The Balaban J connectivity index is 2.31. The van der Waals surface area contributed by atoms with Gasteiger partial charge in [-0.2, -0.15) is 0 Å². The first-order valence-corrected chi connectivity index (χ1v) is 5.59. The molecular formula is C15H12F2O. The van der Waals surface area contributed by atoms with E-state index in [9.17, 15) is 13.6 Å². The van der Waals surface area contributed by atoms with Crippen molar-refractivity contribution in [1.29, 1.82) is 0 Å². The van der Waals surface area contributed by atoms with Gasteiger partial charge < -0.3 is 0 Å². The number of ketones is 1. The predicted molar refractivity (Wildman–Crippen MR) is 66.2 cm³/mol. The summed E-state index contributed by atoms with van der Waals surface area (Å²) in [6.45, 7) is 1.52. The van der Waals surface area contributed by atoms with Gasteiger partial charge in [-0.25, -0.2) is 8.78 Å². The van der Waals surface area contributed by atoms with Crippen molar-refractivity contribution in [3.05, 3.63) is 59.7 Å². The number of carbonyl (C=O) groups excluding carboxylic acids is 1. The van der Waals surface area contributed by atoms with Gasteiger partial charge in [-0.05, 0) is 35.7 Å². The summed E-state index contributed by atoms with van der Waals surface area (Å²) in [7, 11) is 0. The Morgan fingerprint density at radius 2 is 1.50 bits per heavy atom. The first-order valence-electron chi connectivity index (χ1n) is 5.59. The maximum Gasteiger partial charge on any atom is 0.134 e. The minimum atomic E-state index is -0.599. The maximum atomic E-state index is 13.1. The second-order valence-corrected chi connectivity index (χ2v) is 4.23. The molecule has 0 aliphatic carbocycles. The van der Waals surface area contributed by atoms with E-state index in [4.69, 9.17) is 0 Å². The van der Waals surface area contributed by atoms with Crippen molar-refractivity contribution in [3.8, 4) is 11.1 Å². The molecule has 2 rings (SSSR count). The first-order chi connectivity index (χ1) is 8.54. The smallest absolute Gasteiger partial charge is 0.134 e. The molecule has 0 amide bonds. The van der Waals surface area contributed by atoms with Gasteiger partial charge in [-0.15, -0.1) is 0 Å². The van der Waals surface area contributed by atoms with E-state index >= 15 is 0 Å². The molecule has 0 spiro atoms. The van der Waals surface area contributed by atoms with Crippen molar-refractivity contribution in [1.82, 2.24) is 0 Å². The SMILES string of the molecule is CC(=O)Cc1ccc(-c2cc(F)cc(F)c2)cc1. The van der Waals surface area contributed by atoms with Crippen LogP contribution in [0.5, 0.6) is 0 Å². The van der Waals surface area contributed by atoms with E-state index in [1.807, 2.05) is 0 Å². The van der Waals surface area contributed by atoms with Crippen LogP contribution in [0.25, 0.3) is 11.1 Å². The topological polar surface area (TPSA) is 17.1 Å². The Morgan fingerprint density at radius 3 is 2.00 bits per heavy atom. The molecule has 0 bridgehead atoms. The molecule has 3 heteroatoms. The highest BCUT2D eigenvalue weighted by Gasteiger charge is 2.04. The van der Waals surface area contributed by atoms with Gasteiger partial charge in [0.05, 0.1) is 0 Å². The molecule has 0 N–H and O–H groups in total. The largest absolute Gasteiger partial charge is 0.300 e. The molecule has 0 aliphatic rings. The fourth-order valence-electron chi connectivity index (χ4n) is 1.82. The molecule has 0 aromatic heterocycles. The molecule has 0 radical (unpaired) electrons. The number of carbonyl (C=O) groups is 1. The van der Waals surface area contributed by atoms with Gasteiger partial charge >= 0.3 is 0 Å². The molecule has 2 aromatic rings. The summed E-state index contributed by atoms with van der Waals surface area (Å²) in [5, 5.41) is 0. The molecule has 0 saturated carbocycles. The van der Waals surface area contributed by atoms with Crippen molar-refractivity contribution >= 4 is 5.78 Å². The van der Waals surface area contributed by atoms with Crippen molar-refractivity contribution in [2.24, 2.45) is 0 Å². The van der Waals surface area contributed by atoms with Gasteiger partial charge in [0.2, 0.25) is 0 Å². The highest BCUT2D eigenvalue weighted by Crippen LogP contribution is 2.22. The van der Waals surface area contributed by atoms with Crippen LogP contribution in [0.3, 0.4) is 0 Å². The molecule has 0 unspecified atom stereocenters. The van der Waals surface area contributed by atoms with E-state index in [0.29, 0.717) is 12.0 Å². The maximum absolute atomic E-state index is 13.1. The third-order valence-electron chi connectivity index (χ3n) is 2.60. The van der Waals surface area contributed by atoms with Gasteiger partial charge in [-0.1, -0.05) is 24.3 Å². The fourth-order valence-corrected chi connectivity index (χ4v) is 1.82. The third-order valence-corrected chi connectivity index (χ3v) is 2.60. The number of Topliss-reactive ketones (excluding diaryl/α,β-unsaturated/α-hetero) is 1. The number of rotatable bonds is 3. The summed E-state index contributed by atoms with van der Waals surface area (Å²) >= 11 is 0. The normalized spacial score (nSPS) is 10.4. The van der Waals surface area contributed by atoms with Crippen LogP contribution in [0.4, 0.5) is 8.78 Å². The molecule has 2 aromatic carbocycles. The summed E-state index contributed by atoms with van der Waals surface area (Å²) < 4.78 is 26.2. The predicted octanol–water partition coefficient (Wildman–Crippen LogP) is 3.76. The minimum absolute atomic E-state index is 0.0829. The highest BCUT2D eigenvalue weighted by molar-refractivity contribution is 5.78. The van der Waals surface area contributed by atoms with Crippen molar-refractivity contribution in [2.75, 3.05) is 0 Å². The van der Waals surface area contributed by atoms with Gasteiger partial charge in [0, 0.05) is 12.5 Å². The van der Waals surface area contributed by atoms with Crippen molar-refractivity contribution < 1.29 is 13.6 Å². The Kier molecular flexibility index (Phi) is 3.51. The highest BCUT2D eigenvalue weighted by atomic mass is 19.1. The molecule has 18 heavy (non-hydrogen) atoms. The van der Waals surface area contributed by atoms with E-state index in [0.717, 1.165) is 17.2 Å². The van der Waals surface area contributed by atoms with E-state index < -0.39 is 11.6 Å². The van der Waals surface area contributed by atoms with E-state index in [1.165, 1.54) is 19.1 Å². The molecule has 1 nitrogen and oxygen atoms in total. The lowest BCUT2D eigenvalue weighted by atomic mass is 10.0. The molecule has 0 atom stereocenters. The summed E-state index contributed by atoms with van der Waals surface area (Å²) in [5.41, 5.74) is 2.10. The van der Waals surface area contributed by atoms with Gasteiger partial charge in [0.25, 0.3) is 0 Å².